The number of likely N-dealkylation sites (tertiary alicyclic amines) is 1. The Balaban J connectivity index is 1.43. The Labute approximate surface area is 168 Å². The lowest BCUT2D eigenvalue weighted by Crippen LogP contribution is -2.43. The van der Waals surface area contributed by atoms with Gasteiger partial charge in [-0.25, -0.2) is 4.98 Å². The molecule has 1 aromatic heterocycles. The van der Waals surface area contributed by atoms with Crippen molar-refractivity contribution in [3.05, 3.63) is 76.8 Å². The topological polar surface area (TPSA) is 72.3 Å². The Morgan fingerprint density at radius 3 is 2.59 bits per heavy atom. The smallest absolute Gasteiger partial charge is 0.261 e. The number of para-hydroxylation sites is 1. The van der Waals surface area contributed by atoms with Gasteiger partial charge in [0.05, 0.1) is 23.3 Å². The van der Waals surface area contributed by atoms with Crippen LogP contribution in [-0.2, 0) is 4.79 Å². The molecular formula is C23H23N3O3. The van der Waals surface area contributed by atoms with Crippen LogP contribution in [0.4, 0.5) is 0 Å². The molecule has 1 aliphatic heterocycles. The Morgan fingerprint density at radius 1 is 1.00 bits per heavy atom. The lowest BCUT2D eigenvalue weighted by atomic mass is 10.0. The molecule has 29 heavy (non-hydrogen) atoms. The lowest BCUT2D eigenvalue weighted by Gasteiger charge is -2.33. The molecule has 3 aromatic rings. The van der Waals surface area contributed by atoms with E-state index in [0.717, 1.165) is 12.8 Å². The first-order valence-corrected chi connectivity index (χ1v) is 9.95. The van der Waals surface area contributed by atoms with Crippen molar-refractivity contribution in [3.63, 3.8) is 0 Å². The molecular weight excluding hydrogens is 366 g/mol. The maximum Gasteiger partial charge on any atom is 0.261 e. The van der Waals surface area contributed by atoms with Crippen LogP contribution in [0.3, 0.4) is 0 Å². The highest BCUT2D eigenvalue weighted by Gasteiger charge is 2.26. The number of hydrogen-bond acceptors (Lipinski definition) is 4. The summed E-state index contributed by atoms with van der Waals surface area (Å²) >= 11 is 0. The van der Waals surface area contributed by atoms with Gasteiger partial charge >= 0.3 is 0 Å². The first-order chi connectivity index (χ1) is 14.1. The molecule has 0 bridgehead atoms. The fourth-order valence-corrected chi connectivity index (χ4v) is 3.90. The average Bonchev–Trinajstić information content (AvgIpc) is 2.78. The van der Waals surface area contributed by atoms with Gasteiger partial charge in [-0.3, -0.25) is 19.0 Å². The number of rotatable bonds is 5. The molecule has 2 aromatic carbocycles. The van der Waals surface area contributed by atoms with Crippen LogP contribution in [0, 0.1) is 0 Å². The molecule has 4 rings (SSSR count). The molecule has 0 radical (unpaired) electrons. The number of nitrogens with zero attached hydrogens (tertiary/aromatic N) is 3. The van der Waals surface area contributed by atoms with Gasteiger partial charge in [-0.2, -0.15) is 0 Å². The molecule has 1 atom stereocenters. The molecule has 0 N–H and O–H groups in total. The second-order valence-corrected chi connectivity index (χ2v) is 7.40. The zero-order valence-electron chi connectivity index (χ0n) is 16.2. The van der Waals surface area contributed by atoms with E-state index in [2.05, 4.69) is 4.98 Å². The summed E-state index contributed by atoms with van der Waals surface area (Å²) in [6.45, 7) is 1.13. The number of aromatic nitrogens is 2. The summed E-state index contributed by atoms with van der Waals surface area (Å²) in [6.07, 6.45) is 3.62. The zero-order valence-corrected chi connectivity index (χ0v) is 16.2. The first kappa shape index (κ1) is 19.1. The summed E-state index contributed by atoms with van der Waals surface area (Å²) in [7, 11) is 0. The van der Waals surface area contributed by atoms with Crippen LogP contribution in [0.25, 0.3) is 10.9 Å². The Kier molecular flexibility index (Phi) is 5.51. The Bertz CT molecular complexity index is 1090. The van der Waals surface area contributed by atoms with Gasteiger partial charge in [0.2, 0.25) is 5.91 Å². The van der Waals surface area contributed by atoms with Crippen molar-refractivity contribution in [2.75, 3.05) is 13.1 Å². The molecule has 1 amide bonds. The van der Waals surface area contributed by atoms with Crippen molar-refractivity contribution in [1.82, 2.24) is 14.5 Å². The minimum Gasteiger partial charge on any atom is -0.341 e. The molecule has 0 unspecified atom stereocenters. The van der Waals surface area contributed by atoms with Crippen LogP contribution in [0.15, 0.2) is 65.7 Å². The fourth-order valence-electron chi connectivity index (χ4n) is 3.90. The maximum absolute atomic E-state index is 12.9. The summed E-state index contributed by atoms with van der Waals surface area (Å²) in [5.74, 6) is -0.0664. The predicted molar refractivity (Wildman–Crippen MR) is 111 cm³/mol. The average molecular weight is 389 g/mol. The van der Waals surface area contributed by atoms with Gasteiger partial charge in [0.25, 0.3) is 5.56 Å². The molecule has 6 nitrogen and oxygen atoms in total. The van der Waals surface area contributed by atoms with Gasteiger partial charge in [0, 0.05) is 31.5 Å². The third-order valence-electron chi connectivity index (χ3n) is 5.49. The fraction of sp³-hybridized carbons (Fsp3) is 0.304. The van der Waals surface area contributed by atoms with E-state index in [4.69, 9.17) is 0 Å². The van der Waals surface area contributed by atoms with Crippen LogP contribution in [0.1, 0.15) is 42.1 Å². The number of amides is 1. The molecule has 0 saturated carbocycles. The number of carbonyl (C=O) groups excluding carboxylic acids is 2. The van der Waals surface area contributed by atoms with Crippen molar-refractivity contribution < 1.29 is 9.59 Å². The highest BCUT2D eigenvalue weighted by Crippen LogP contribution is 2.22. The van der Waals surface area contributed by atoms with Gasteiger partial charge < -0.3 is 4.90 Å². The molecule has 2 heterocycles. The number of ketones is 1. The van der Waals surface area contributed by atoms with Crippen molar-refractivity contribution in [2.45, 2.75) is 31.7 Å². The summed E-state index contributed by atoms with van der Waals surface area (Å²) in [4.78, 5) is 44.0. The van der Waals surface area contributed by atoms with E-state index in [9.17, 15) is 14.4 Å². The first-order valence-electron chi connectivity index (χ1n) is 9.95. The monoisotopic (exact) mass is 389 g/mol. The Morgan fingerprint density at radius 2 is 1.76 bits per heavy atom. The van der Waals surface area contributed by atoms with Crippen LogP contribution in [-0.4, -0.2) is 39.2 Å². The van der Waals surface area contributed by atoms with Crippen molar-refractivity contribution in [3.8, 4) is 0 Å². The molecule has 1 aliphatic rings. The van der Waals surface area contributed by atoms with Crippen LogP contribution < -0.4 is 5.56 Å². The van der Waals surface area contributed by atoms with Crippen LogP contribution in [0.5, 0.6) is 0 Å². The predicted octanol–water partition coefficient (Wildman–Crippen LogP) is 3.22. The number of benzene rings is 2. The molecule has 1 saturated heterocycles. The molecule has 0 aliphatic carbocycles. The van der Waals surface area contributed by atoms with E-state index in [1.165, 1.54) is 0 Å². The second kappa shape index (κ2) is 8.39. The number of piperidine rings is 1. The van der Waals surface area contributed by atoms with Crippen molar-refractivity contribution >= 4 is 22.6 Å². The summed E-state index contributed by atoms with van der Waals surface area (Å²) < 4.78 is 1.65. The third-order valence-corrected chi connectivity index (χ3v) is 5.49. The quantitative estimate of drug-likeness (QED) is 0.628. The van der Waals surface area contributed by atoms with Gasteiger partial charge in [-0.15, -0.1) is 0 Å². The summed E-state index contributed by atoms with van der Waals surface area (Å²) in [5.41, 5.74) is 1.23. The minimum atomic E-state index is -0.0952. The standard InChI is InChI=1S/C23H23N3O3/c27-21(17-7-2-1-3-8-17)12-13-22(28)25-14-6-9-18(15-25)26-16-24-20-11-5-4-10-19(20)23(26)29/h1-5,7-8,10-11,16,18H,6,9,12-15H2/t18-/m1/s1. The summed E-state index contributed by atoms with van der Waals surface area (Å²) in [5, 5.41) is 0.590. The lowest BCUT2D eigenvalue weighted by molar-refractivity contribution is -0.132. The van der Waals surface area contributed by atoms with Crippen LogP contribution in [0.2, 0.25) is 0 Å². The Hall–Kier alpha value is -3.28. The van der Waals surface area contributed by atoms with Crippen LogP contribution >= 0.6 is 0 Å². The minimum absolute atomic E-state index is 0.0255. The third kappa shape index (κ3) is 4.11. The van der Waals surface area contributed by atoms with Gasteiger partial charge in [-0.05, 0) is 25.0 Å². The van der Waals surface area contributed by atoms with E-state index in [1.807, 2.05) is 36.4 Å². The molecule has 0 spiro atoms. The van der Waals surface area contributed by atoms with E-state index in [-0.39, 0.29) is 36.1 Å². The van der Waals surface area contributed by atoms with Crippen molar-refractivity contribution in [1.29, 1.82) is 0 Å². The van der Waals surface area contributed by atoms with Gasteiger partial charge in [0.15, 0.2) is 5.78 Å². The van der Waals surface area contributed by atoms with E-state index >= 15 is 0 Å². The highest BCUT2D eigenvalue weighted by molar-refractivity contribution is 5.97. The molecule has 1 fully saturated rings. The molecule has 6 heteroatoms. The number of hydrogen-bond donors (Lipinski definition) is 0. The number of fused-ring (bicyclic) bond motifs is 1. The SMILES string of the molecule is O=C(CCC(=O)N1CCC[C@@H](n2cnc3ccccc3c2=O)C1)c1ccccc1. The van der Waals surface area contributed by atoms with Gasteiger partial charge in [-0.1, -0.05) is 42.5 Å². The molecule has 148 valence electrons. The van der Waals surface area contributed by atoms with Crippen molar-refractivity contribution in [2.24, 2.45) is 0 Å². The van der Waals surface area contributed by atoms with E-state index < -0.39 is 0 Å². The number of Topliss-reactive ketones (excluding diaryl/α,β-unsaturated/α-hetero) is 1. The highest BCUT2D eigenvalue weighted by atomic mass is 16.2. The second-order valence-electron chi connectivity index (χ2n) is 7.40. The van der Waals surface area contributed by atoms with E-state index in [0.29, 0.717) is 29.6 Å². The zero-order chi connectivity index (χ0) is 20.2. The largest absolute Gasteiger partial charge is 0.341 e. The van der Waals surface area contributed by atoms with E-state index in [1.54, 1.807) is 34.0 Å². The number of carbonyl (C=O) groups is 2. The normalized spacial score (nSPS) is 16.7. The maximum atomic E-state index is 12.9. The summed E-state index contributed by atoms with van der Waals surface area (Å²) in [6, 6.07) is 16.2. The van der Waals surface area contributed by atoms with Gasteiger partial charge in [0.1, 0.15) is 0 Å².